The lowest BCUT2D eigenvalue weighted by molar-refractivity contribution is 0.519. The molecule has 0 spiro atoms. The average Bonchev–Trinajstić information content (AvgIpc) is 3.00. The van der Waals surface area contributed by atoms with Crippen molar-refractivity contribution in [2.24, 2.45) is 7.05 Å². The third-order valence-corrected chi connectivity index (χ3v) is 6.43. The largest absolute Gasteiger partial charge is 0.332 e. The highest BCUT2D eigenvalue weighted by atomic mass is 32.2. The fraction of sp³-hybridized carbons (Fsp3) is 0.412. The number of sulfonamides is 1. The smallest absolute Gasteiger partial charge is 0.329 e. The second kappa shape index (κ2) is 6.67. The Bertz CT molecular complexity index is 1300. The first kappa shape index (κ1) is 18.6. The molecular weight excluding hydrogens is 384 g/mol. The highest BCUT2D eigenvalue weighted by Crippen LogP contribution is 2.21. The first-order valence-electron chi connectivity index (χ1n) is 8.91. The zero-order chi connectivity index (χ0) is 20.1. The molecule has 0 radical (unpaired) electrons. The molecule has 3 aromatic heterocycles. The van der Waals surface area contributed by atoms with E-state index in [0.29, 0.717) is 0 Å². The fourth-order valence-corrected chi connectivity index (χ4v) is 4.52. The molecule has 0 atom stereocenters. The molecule has 1 aliphatic heterocycles. The minimum atomic E-state index is -3.91. The zero-order valence-corrected chi connectivity index (χ0v) is 16.3. The number of H-pyrrole nitrogens is 1. The van der Waals surface area contributed by atoms with E-state index in [9.17, 15) is 18.0 Å². The number of aromatic nitrogens is 5. The Labute approximate surface area is 160 Å². The molecule has 4 heterocycles. The van der Waals surface area contributed by atoms with Crippen LogP contribution >= 0.6 is 0 Å². The van der Waals surface area contributed by atoms with Gasteiger partial charge in [0.1, 0.15) is 16.4 Å². The summed E-state index contributed by atoms with van der Waals surface area (Å²) in [4.78, 5) is 34.2. The van der Waals surface area contributed by atoms with Crippen LogP contribution in [0.2, 0.25) is 0 Å². The fourth-order valence-electron chi connectivity index (χ4n) is 3.56. The van der Waals surface area contributed by atoms with Crippen LogP contribution in [-0.4, -0.2) is 32.5 Å². The second-order valence-electron chi connectivity index (χ2n) is 6.85. The SMILES string of the molecule is Cc1nc(CNS(=O)(=O)c2cnc3c(c2)c(=O)[nH]c(=O)n3C)c2n1CCCC2. The van der Waals surface area contributed by atoms with Gasteiger partial charge in [0.2, 0.25) is 10.0 Å². The van der Waals surface area contributed by atoms with Crippen molar-refractivity contribution in [1.29, 1.82) is 0 Å². The van der Waals surface area contributed by atoms with Gasteiger partial charge in [-0.15, -0.1) is 0 Å². The van der Waals surface area contributed by atoms with Crippen molar-refractivity contribution in [2.75, 3.05) is 0 Å². The van der Waals surface area contributed by atoms with E-state index in [-0.39, 0.29) is 22.5 Å². The number of hydrogen-bond donors (Lipinski definition) is 2. The molecule has 2 N–H and O–H groups in total. The molecular formula is C17H20N6O4S. The van der Waals surface area contributed by atoms with E-state index in [1.54, 1.807) is 0 Å². The number of nitrogens with zero attached hydrogens (tertiary/aromatic N) is 4. The molecule has 0 amide bonds. The number of rotatable bonds is 4. The Balaban J connectivity index is 1.66. The van der Waals surface area contributed by atoms with E-state index in [1.165, 1.54) is 13.1 Å². The Morgan fingerprint density at radius 1 is 1.29 bits per heavy atom. The Hall–Kier alpha value is -2.79. The summed E-state index contributed by atoms with van der Waals surface area (Å²) in [6, 6.07) is 1.22. The summed E-state index contributed by atoms with van der Waals surface area (Å²) < 4.78 is 31.3. The topological polar surface area (TPSA) is 132 Å². The van der Waals surface area contributed by atoms with Gasteiger partial charge in [0.05, 0.1) is 17.6 Å². The summed E-state index contributed by atoms with van der Waals surface area (Å²) in [6.07, 6.45) is 4.16. The van der Waals surface area contributed by atoms with Crippen LogP contribution < -0.4 is 16.0 Å². The van der Waals surface area contributed by atoms with Gasteiger partial charge in [0, 0.05) is 25.5 Å². The molecule has 10 nitrogen and oxygen atoms in total. The zero-order valence-electron chi connectivity index (χ0n) is 15.5. The van der Waals surface area contributed by atoms with Crippen LogP contribution in [0.4, 0.5) is 0 Å². The minimum Gasteiger partial charge on any atom is -0.332 e. The summed E-state index contributed by atoms with van der Waals surface area (Å²) in [5.41, 5.74) is 0.607. The third kappa shape index (κ3) is 3.06. The molecule has 4 rings (SSSR count). The van der Waals surface area contributed by atoms with Crippen LogP contribution in [0.25, 0.3) is 11.0 Å². The van der Waals surface area contributed by atoms with Gasteiger partial charge in [0.15, 0.2) is 0 Å². The van der Waals surface area contributed by atoms with Crippen LogP contribution in [0.3, 0.4) is 0 Å². The van der Waals surface area contributed by atoms with E-state index in [2.05, 4.69) is 24.2 Å². The van der Waals surface area contributed by atoms with Crippen LogP contribution in [0.15, 0.2) is 26.7 Å². The predicted octanol–water partition coefficient (Wildman–Crippen LogP) is -0.0585. The summed E-state index contributed by atoms with van der Waals surface area (Å²) in [7, 11) is -2.46. The molecule has 3 aromatic rings. The Morgan fingerprint density at radius 3 is 2.86 bits per heavy atom. The number of pyridine rings is 1. The van der Waals surface area contributed by atoms with Gasteiger partial charge in [-0.3, -0.25) is 14.3 Å². The molecule has 0 aliphatic carbocycles. The van der Waals surface area contributed by atoms with Gasteiger partial charge in [-0.05, 0) is 32.3 Å². The highest BCUT2D eigenvalue weighted by Gasteiger charge is 2.21. The first-order chi connectivity index (χ1) is 13.3. The van der Waals surface area contributed by atoms with Crippen LogP contribution in [0.1, 0.15) is 30.1 Å². The van der Waals surface area contributed by atoms with Crippen molar-refractivity contribution in [1.82, 2.24) is 28.8 Å². The minimum absolute atomic E-state index is 0.0280. The standard InChI is InChI=1S/C17H20N6O4S/c1-10-20-13(14-5-3-4-6-23(10)14)9-19-28(26,27)11-7-12-15(18-8-11)22(2)17(25)21-16(12)24/h7-8,19H,3-6,9H2,1-2H3,(H,21,24,25). The monoisotopic (exact) mass is 404 g/mol. The van der Waals surface area contributed by atoms with Crippen molar-refractivity contribution in [2.45, 2.75) is 44.2 Å². The number of imidazole rings is 1. The number of nitrogens with one attached hydrogen (secondary N) is 2. The van der Waals surface area contributed by atoms with Crippen LogP contribution in [0, 0.1) is 6.92 Å². The van der Waals surface area contributed by atoms with E-state index in [4.69, 9.17) is 0 Å². The molecule has 0 unspecified atom stereocenters. The van der Waals surface area contributed by atoms with Gasteiger partial charge in [-0.2, -0.15) is 0 Å². The quantitative estimate of drug-likeness (QED) is 0.626. The van der Waals surface area contributed by atoms with Crippen molar-refractivity contribution in [3.63, 3.8) is 0 Å². The van der Waals surface area contributed by atoms with Gasteiger partial charge in [0.25, 0.3) is 5.56 Å². The third-order valence-electron chi connectivity index (χ3n) is 5.06. The molecule has 1 aliphatic rings. The van der Waals surface area contributed by atoms with E-state index in [1.807, 2.05) is 6.92 Å². The normalized spacial score (nSPS) is 14.4. The van der Waals surface area contributed by atoms with Crippen LogP contribution in [0.5, 0.6) is 0 Å². The molecule has 11 heteroatoms. The van der Waals surface area contributed by atoms with Crippen molar-refractivity contribution < 1.29 is 8.42 Å². The van der Waals surface area contributed by atoms with Crippen LogP contribution in [-0.2, 0) is 36.6 Å². The summed E-state index contributed by atoms with van der Waals surface area (Å²) in [6.45, 7) is 2.88. The molecule has 148 valence electrons. The van der Waals surface area contributed by atoms with Gasteiger partial charge in [-0.25, -0.2) is 27.9 Å². The average molecular weight is 404 g/mol. The van der Waals surface area contributed by atoms with E-state index in [0.717, 1.165) is 53.8 Å². The predicted molar refractivity (Wildman–Crippen MR) is 102 cm³/mol. The molecule has 28 heavy (non-hydrogen) atoms. The van der Waals surface area contributed by atoms with Gasteiger partial charge >= 0.3 is 5.69 Å². The lowest BCUT2D eigenvalue weighted by Crippen LogP contribution is -2.30. The second-order valence-corrected chi connectivity index (χ2v) is 8.61. The van der Waals surface area contributed by atoms with Crippen molar-refractivity contribution >= 4 is 21.1 Å². The maximum absolute atomic E-state index is 12.7. The summed E-state index contributed by atoms with van der Waals surface area (Å²) in [5.74, 6) is 0.878. The summed E-state index contributed by atoms with van der Waals surface area (Å²) in [5, 5.41) is 0.0280. The number of hydrogen-bond acceptors (Lipinski definition) is 6. The number of aryl methyl sites for hydroxylation is 2. The lowest BCUT2D eigenvalue weighted by atomic mass is 10.1. The Morgan fingerprint density at radius 2 is 2.07 bits per heavy atom. The summed E-state index contributed by atoms with van der Waals surface area (Å²) >= 11 is 0. The molecule has 0 aromatic carbocycles. The Kier molecular flexibility index (Phi) is 4.42. The highest BCUT2D eigenvalue weighted by molar-refractivity contribution is 7.89. The molecule has 0 bridgehead atoms. The maximum atomic E-state index is 12.7. The molecule has 0 fully saturated rings. The molecule has 0 saturated carbocycles. The van der Waals surface area contributed by atoms with Gasteiger partial charge in [-0.1, -0.05) is 0 Å². The van der Waals surface area contributed by atoms with E-state index < -0.39 is 21.3 Å². The number of fused-ring (bicyclic) bond motifs is 2. The van der Waals surface area contributed by atoms with Crippen molar-refractivity contribution in [3.05, 3.63) is 50.3 Å². The number of aromatic amines is 1. The van der Waals surface area contributed by atoms with E-state index >= 15 is 0 Å². The molecule has 0 saturated heterocycles. The first-order valence-corrected chi connectivity index (χ1v) is 10.4. The van der Waals surface area contributed by atoms with Gasteiger partial charge < -0.3 is 4.57 Å². The van der Waals surface area contributed by atoms with Crippen molar-refractivity contribution in [3.8, 4) is 0 Å². The lowest BCUT2D eigenvalue weighted by Gasteiger charge is -2.16. The maximum Gasteiger partial charge on any atom is 0.329 e.